The molecule has 0 aliphatic heterocycles. The first-order valence-electron chi connectivity index (χ1n) is 9.69. The maximum atomic E-state index is 14.3. The Bertz CT molecular complexity index is 1020. The minimum Gasteiger partial charge on any atom is -0.495 e. The molecule has 0 aliphatic carbocycles. The van der Waals surface area contributed by atoms with Crippen LogP contribution in [0.15, 0.2) is 66.7 Å². The standard InChI is InChI=1S/C24H24F2N2O2/c1-15-9-12-22(30-3)21(13-15)28-24(29)23(17-7-5-4-6-8-17)27-16(2)19-11-10-18(25)14-20(19)26/h4-14,16,23,27H,1-3H3,(H,28,29)/p+1/t16-,23-/m1/s1. The van der Waals surface area contributed by atoms with Gasteiger partial charge in [0.1, 0.15) is 23.4 Å². The fraction of sp³-hybridized carbons (Fsp3) is 0.208. The van der Waals surface area contributed by atoms with Crippen molar-refractivity contribution in [1.82, 2.24) is 0 Å². The van der Waals surface area contributed by atoms with Crippen LogP contribution in [0.1, 0.15) is 35.7 Å². The van der Waals surface area contributed by atoms with Gasteiger partial charge in [-0.1, -0.05) is 36.4 Å². The number of methoxy groups -OCH3 is 1. The average molecular weight is 411 g/mol. The summed E-state index contributed by atoms with van der Waals surface area (Å²) in [5.41, 5.74) is 2.65. The van der Waals surface area contributed by atoms with Crippen molar-refractivity contribution < 1.29 is 23.6 Å². The highest BCUT2D eigenvalue weighted by Gasteiger charge is 2.28. The number of carbonyl (C=O) groups excluding carboxylic acids is 1. The van der Waals surface area contributed by atoms with E-state index in [1.807, 2.05) is 49.4 Å². The normalized spacial score (nSPS) is 12.8. The molecule has 1 amide bonds. The van der Waals surface area contributed by atoms with Crippen molar-refractivity contribution in [1.29, 1.82) is 0 Å². The molecule has 3 rings (SSSR count). The van der Waals surface area contributed by atoms with Gasteiger partial charge in [0.25, 0.3) is 5.91 Å². The summed E-state index contributed by atoms with van der Waals surface area (Å²) in [4.78, 5) is 13.2. The first-order chi connectivity index (χ1) is 14.4. The smallest absolute Gasteiger partial charge is 0.287 e. The number of ether oxygens (including phenoxy) is 1. The predicted molar refractivity (Wildman–Crippen MR) is 112 cm³/mol. The van der Waals surface area contributed by atoms with Gasteiger partial charge in [-0.15, -0.1) is 0 Å². The summed E-state index contributed by atoms with van der Waals surface area (Å²) in [6.07, 6.45) is 0. The first kappa shape index (κ1) is 21.5. The van der Waals surface area contributed by atoms with Crippen molar-refractivity contribution >= 4 is 11.6 Å². The van der Waals surface area contributed by atoms with Crippen molar-refractivity contribution in [2.24, 2.45) is 0 Å². The average Bonchev–Trinajstić information content (AvgIpc) is 2.72. The van der Waals surface area contributed by atoms with Crippen LogP contribution in [0.2, 0.25) is 0 Å². The number of hydrogen-bond donors (Lipinski definition) is 2. The van der Waals surface area contributed by atoms with Crippen molar-refractivity contribution in [3.63, 3.8) is 0 Å². The molecule has 0 heterocycles. The van der Waals surface area contributed by atoms with Gasteiger partial charge >= 0.3 is 0 Å². The molecule has 3 N–H and O–H groups in total. The maximum absolute atomic E-state index is 14.3. The van der Waals surface area contributed by atoms with Gasteiger partial charge in [-0.2, -0.15) is 0 Å². The van der Waals surface area contributed by atoms with Crippen molar-refractivity contribution in [2.75, 3.05) is 12.4 Å². The molecule has 156 valence electrons. The van der Waals surface area contributed by atoms with E-state index in [4.69, 9.17) is 4.74 Å². The molecule has 6 heteroatoms. The summed E-state index contributed by atoms with van der Waals surface area (Å²) in [6.45, 7) is 3.71. The Balaban J connectivity index is 1.89. The van der Waals surface area contributed by atoms with Gasteiger partial charge in [-0.3, -0.25) is 4.79 Å². The largest absolute Gasteiger partial charge is 0.495 e. The van der Waals surface area contributed by atoms with E-state index in [0.717, 1.165) is 17.2 Å². The van der Waals surface area contributed by atoms with Crippen molar-refractivity contribution in [3.05, 3.63) is 95.1 Å². The number of halogens is 2. The van der Waals surface area contributed by atoms with Crippen LogP contribution in [0.25, 0.3) is 0 Å². The molecular weight excluding hydrogens is 386 g/mol. The number of nitrogens with two attached hydrogens (primary N) is 1. The molecule has 0 aromatic heterocycles. The zero-order valence-electron chi connectivity index (χ0n) is 17.2. The van der Waals surface area contributed by atoms with Gasteiger partial charge in [-0.25, -0.2) is 8.78 Å². The number of quaternary nitrogens is 1. The van der Waals surface area contributed by atoms with Crippen LogP contribution in [0.3, 0.4) is 0 Å². The Morgan fingerprint density at radius 3 is 2.43 bits per heavy atom. The highest BCUT2D eigenvalue weighted by Crippen LogP contribution is 2.26. The molecule has 30 heavy (non-hydrogen) atoms. The van der Waals surface area contributed by atoms with E-state index in [1.54, 1.807) is 25.4 Å². The molecule has 2 atom stereocenters. The van der Waals surface area contributed by atoms with Gasteiger partial charge in [0.15, 0.2) is 6.04 Å². The molecule has 3 aromatic carbocycles. The highest BCUT2D eigenvalue weighted by atomic mass is 19.1. The maximum Gasteiger partial charge on any atom is 0.287 e. The lowest BCUT2D eigenvalue weighted by molar-refractivity contribution is -0.719. The summed E-state index contributed by atoms with van der Waals surface area (Å²) in [5, 5.41) is 4.70. The monoisotopic (exact) mass is 411 g/mol. The number of carbonyl (C=O) groups is 1. The third-order valence-electron chi connectivity index (χ3n) is 4.99. The fourth-order valence-electron chi connectivity index (χ4n) is 3.40. The Hall–Kier alpha value is -3.25. The molecule has 3 aromatic rings. The Labute approximate surface area is 174 Å². The van der Waals surface area contributed by atoms with Crippen LogP contribution >= 0.6 is 0 Å². The summed E-state index contributed by atoms with van der Waals surface area (Å²) < 4.78 is 32.9. The van der Waals surface area contributed by atoms with Gasteiger partial charge in [0, 0.05) is 17.2 Å². The minimum atomic E-state index is -0.643. The number of aryl methyl sites for hydroxylation is 1. The van der Waals surface area contributed by atoms with E-state index in [2.05, 4.69) is 5.32 Å². The van der Waals surface area contributed by atoms with Crippen LogP contribution < -0.4 is 15.4 Å². The molecule has 0 bridgehead atoms. The van der Waals surface area contributed by atoms with E-state index < -0.39 is 23.7 Å². The van der Waals surface area contributed by atoms with E-state index in [9.17, 15) is 13.6 Å². The lowest BCUT2D eigenvalue weighted by atomic mass is 10.0. The number of hydrogen-bond acceptors (Lipinski definition) is 2. The van der Waals surface area contributed by atoms with Crippen molar-refractivity contribution in [2.45, 2.75) is 25.9 Å². The van der Waals surface area contributed by atoms with Gasteiger partial charge in [-0.05, 0) is 43.7 Å². The Morgan fingerprint density at radius 2 is 1.77 bits per heavy atom. The number of benzene rings is 3. The van der Waals surface area contributed by atoms with E-state index >= 15 is 0 Å². The number of amides is 1. The third-order valence-corrected chi connectivity index (χ3v) is 4.99. The second-order valence-corrected chi connectivity index (χ2v) is 7.23. The lowest BCUT2D eigenvalue weighted by Gasteiger charge is -2.21. The first-order valence-corrected chi connectivity index (χ1v) is 9.69. The second kappa shape index (κ2) is 9.50. The zero-order chi connectivity index (χ0) is 21.7. The molecule has 0 aliphatic rings. The van der Waals surface area contributed by atoms with Crippen molar-refractivity contribution in [3.8, 4) is 5.75 Å². The molecule has 0 unspecified atom stereocenters. The summed E-state index contributed by atoms with van der Waals surface area (Å²) in [6, 6.07) is 17.2. The van der Waals surface area contributed by atoms with E-state index in [-0.39, 0.29) is 5.91 Å². The third kappa shape index (κ3) is 5.02. The van der Waals surface area contributed by atoms with Crippen LogP contribution in [0, 0.1) is 18.6 Å². The fourth-order valence-corrected chi connectivity index (χ4v) is 3.40. The quantitative estimate of drug-likeness (QED) is 0.610. The molecule has 4 nitrogen and oxygen atoms in total. The SMILES string of the molecule is COc1ccc(C)cc1NC(=O)[C@H]([NH2+][C@H](C)c1ccc(F)cc1F)c1ccccc1. The predicted octanol–water partition coefficient (Wildman–Crippen LogP) is 4.29. The van der Waals surface area contributed by atoms with Gasteiger partial charge in [0.05, 0.1) is 12.8 Å². The van der Waals surface area contributed by atoms with E-state index in [0.29, 0.717) is 17.0 Å². The second-order valence-electron chi connectivity index (χ2n) is 7.23. The highest BCUT2D eigenvalue weighted by molar-refractivity contribution is 5.95. The van der Waals surface area contributed by atoms with Gasteiger partial charge < -0.3 is 15.4 Å². The molecule has 0 spiro atoms. The van der Waals surface area contributed by atoms with Crippen LogP contribution in [0.5, 0.6) is 5.75 Å². The molecule has 0 fully saturated rings. The molecule has 0 saturated carbocycles. The molecule has 0 saturated heterocycles. The van der Waals surface area contributed by atoms with Crippen LogP contribution in [0.4, 0.5) is 14.5 Å². The Kier molecular flexibility index (Phi) is 6.79. The van der Waals surface area contributed by atoms with E-state index in [1.165, 1.54) is 12.1 Å². The summed E-state index contributed by atoms with van der Waals surface area (Å²) in [5.74, 6) is -0.975. The zero-order valence-corrected chi connectivity index (χ0v) is 17.2. The van der Waals surface area contributed by atoms with Gasteiger partial charge in [0.2, 0.25) is 0 Å². The lowest BCUT2D eigenvalue weighted by Crippen LogP contribution is -2.87. The number of rotatable bonds is 7. The number of anilines is 1. The topological polar surface area (TPSA) is 54.9 Å². The Morgan fingerprint density at radius 1 is 1.03 bits per heavy atom. The summed E-state index contributed by atoms with van der Waals surface area (Å²) >= 11 is 0. The molecular formula is C24H25F2N2O2+. The van der Waals surface area contributed by atoms with Crippen LogP contribution in [-0.2, 0) is 4.79 Å². The number of nitrogens with one attached hydrogen (secondary N) is 1. The minimum absolute atomic E-state index is 0.264. The summed E-state index contributed by atoms with van der Waals surface area (Å²) in [7, 11) is 1.54. The molecule has 0 radical (unpaired) electrons. The van der Waals surface area contributed by atoms with Crippen LogP contribution in [-0.4, -0.2) is 13.0 Å².